The molecule has 2 aromatic rings. The number of halogens is 2. The normalized spacial score (nSPS) is 10.6. The Balaban J connectivity index is 2.34. The number of hydrogen-bond acceptors (Lipinski definition) is 4. The van der Waals surface area contributed by atoms with E-state index in [1.54, 1.807) is 26.1 Å². The summed E-state index contributed by atoms with van der Waals surface area (Å²) in [5.41, 5.74) is 1.47. The Kier molecular flexibility index (Phi) is 7.01. The maximum atomic E-state index is 14.7. The van der Waals surface area contributed by atoms with Gasteiger partial charge in [-0.15, -0.1) is 0 Å². The van der Waals surface area contributed by atoms with E-state index in [4.69, 9.17) is 4.74 Å². The van der Waals surface area contributed by atoms with Gasteiger partial charge < -0.3 is 15.4 Å². The molecule has 2 rings (SSSR count). The predicted octanol–water partition coefficient (Wildman–Crippen LogP) is 2.63. The summed E-state index contributed by atoms with van der Waals surface area (Å²) in [4.78, 5) is 22.9. The van der Waals surface area contributed by atoms with Gasteiger partial charge in [0.05, 0.1) is 11.1 Å². The zero-order valence-corrected chi connectivity index (χ0v) is 15.5. The van der Waals surface area contributed by atoms with Crippen molar-refractivity contribution in [2.75, 3.05) is 27.2 Å². The van der Waals surface area contributed by atoms with E-state index in [2.05, 4.69) is 10.6 Å². The van der Waals surface area contributed by atoms with Crippen molar-refractivity contribution in [2.24, 2.45) is 0 Å². The van der Waals surface area contributed by atoms with Crippen LogP contribution in [0.4, 0.5) is 8.78 Å². The molecule has 7 heteroatoms. The molecule has 0 unspecified atom stereocenters. The van der Waals surface area contributed by atoms with E-state index in [0.29, 0.717) is 29.5 Å². The Bertz CT molecular complexity index is 854. The number of carbonyl (C=O) groups is 2. The molecule has 2 aromatic carbocycles. The van der Waals surface area contributed by atoms with Crippen molar-refractivity contribution >= 4 is 12.2 Å². The number of amides is 1. The van der Waals surface area contributed by atoms with Gasteiger partial charge in [0.25, 0.3) is 5.91 Å². The van der Waals surface area contributed by atoms with E-state index >= 15 is 0 Å². The average Bonchev–Trinajstić information content (AvgIpc) is 2.66. The van der Waals surface area contributed by atoms with E-state index in [9.17, 15) is 18.4 Å². The Labute approximate surface area is 156 Å². The first-order valence-corrected chi connectivity index (χ1v) is 8.48. The number of nitrogens with one attached hydrogen (secondary N) is 2. The van der Waals surface area contributed by atoms with E-state index in [1.807, 2.05) is 0 Å². The van der Waals surface area contributed by atoms with Crippen LogP contribution in [0.3, 0.4) is 0 Å². The highest BCUT2D eigenvalue weighted by Crippen LogP contribution is 2.29. The first-order chi connectivity index (χ1) is 12.9. The van der Waals surface area contributed by atoms with Crippen molar-refractivity contribution in [3.8, 4) is 5.75 Å². The third-order valence-corrected chi connectivity index (χ3v) is 4.23. The van der Waals surface area contributed by atoms with Crippen LogP contribution in [0.15, 0.2) is 24.3 Å². The lowest BCUT2D eigenvalue weighted by molar-refractivity contribution is 0.0958. The summed E-state index contributed by atoms with van der Waals surface area (Å²) < 4.78 is 34.2. The smallest absolute Gasteiger partial charge is 0.253 e. The summed E-state index contributed by atoms with van der Waals surface area (Å²) in [5.74, 6) is -1.86. The van der Waals surface area contributed by atoms with Crippen LogP contribution < -0.4 is 15.4 Å². The molecular weight excluding hydrogens is 354 g/mol. The Morgan fingerprint density at radius 3 is 2.56 bits per heavy atom. The monoisotopic (exact) mass is 376 g/mol. The van der Waals surface area contributed by atoms with Crippen LogP contribution in [-0.2, 0) is 6.42 Å². The molecule has 0 saturated carbocycles. The van der Waals surface area contributed by atoms with Crippen LogP contribution in [0.2, 0.25) is 0 Å². The minimum atomic E-state index is -0.660. The quantitative estimate of drug-likeness (QED) is 0.549. The molecule has 2 N–H and O–H groups in total. The summed E-state index contributed by atoms with van der Waals surface area (Å²) in [6.45, 7) is 2.31. The fourth-order valence-electron chi connectivity index (χ4n) is 2.68. The van der Waals surface area contributed by atoms with Gasteiger partial charge in [0.15, 0.2) is 17.9 Å². The molecule has 0 radical (unpaired) electrons. The molecule has 0 aliphatic rings. The molecule has 5 nitrogen and oxygen atoms in total. The first-order valence-electron chi connectivity index (χ1n) is 8.48. The van der Waals surface area contributed by atoms with Gasteiger partial charge in [0, 0.05) is 13.6 Å². The second-order valence-corrected chi connectivity index (χ2v) is 6.03. The minimum Gasteiger partial charge on any atom is -0.488 e. The maximum absolute atomic E-state index is 14.7. The van der Waals surface area contributed by atoms with Gasteiger partial charge in [-0.05, 0) is 55.3 Å². The van der Waals surface area contributed by atoms with Crippen LogP contribution in [0.1, 0.15) is 37.4 Å². The van der Waals surface area contributed by atoms with E-state index in [1.165, 1.54) is 19.2 Å². The van der Waals surface area contributed by atoms with E-state index < -0.39 is 17.5 Å². The number of benzene rings is 2. The third kappa shape index (κ3) is 4.68. The second-order valence-electron chi connectivity index (χ2n) is 6.03. The molecule has 0 heterocycles. The van der Waals surface area contributed by atoms with Gasteiger partial charge in [0.1, 0.15) is 12.4 Å². The van der Waals surface area contributed by atoms with Gasteiger partial charge in [0.2, 0.25) is 0 Å². The van der Waals surface area contributed by atoms with Crippen LogP contribution in [-0.4, -0.2) is 39.4 Å². The Morgan fingerprint density at radius 2 is 1.96 bits per heavy atom. The largest absolute Gasteiger partial charge is 0.488 e. The number of likely N-dealkylation sites (N-methyl/N-ethyl adjacent to an activating group) is 1. The summed E-state index contributed by atoms with van der Waals surface area (Å²) in [5, 5.41) is 5.24. The zero-order chi connectivity index (χ0) is 20.0. The predicted molar refractivity (Wildman–Crippen MR) is 98.5 cm³/mol. The highest BCUT2D eigenvalue weighted by Gasteiger charge is 2.18. The maximum Gasteiger partial charge on any atom is 0.253 e. The standard InChI is InChI=1S/C20H22F2N2O3/c1-12-14(8-13-4-5-16(17(21)9-13)20(26)24-3)10-15(11-25)19(18(12)22)27-7-6-23-2/h4-5,9-11,23H,6-8H2,1-3H3,(H,24,26). The summed E-state index contributed by atoms with van der Waals surface area (Å²) in [6, 6.07) is 5.76. The van der Waals surface area contributed by atoms with Gasteiger partial charge in [-0.25, -0.2) is 8.78 Å². The van der Waals surface area contributed by atoms with Crippen LogP contribution in [0.5, 0.6) is 5.75 Å². The molecular formula is C20H22F2N2O3. The lowest BCUT2D eigenvalue weighted by Gasteiger charge is -2.15. The van der Waals surface area contributed by atoms with Crippen molar-refractivity contribution in [1.29, 1.82) is 0 Å². The average molecular weight is 376 g/mol. The van der Waals surface area contributed by atoms with Crippen molar-refractivity contribution < 1.29 is 23.1 Å². The molecule has 27 heavy (non-hydrogen) atoms. The highest BCUT2D eigenvalue weighted by atomic mass is 19.1. The molecule has 0 spiro atoms. The number of ether oxygens (including phenoxy) is 1. The zero-order valence-electron chi connectivity index (χ0n) is 15.5. The van der Waals surface area contributed by atoms with Gasteiger partial charge >= 0.3 is 0 Å². The minimum absolute atomic E-state index is 0.0639. The Morgan fingerprint density at radius 1 is 1.22 bits per heavy atom. The molecule has 0 bridgehead atoms. The molecule has 0 aliphatic heterocycles. The fraction of sp³-hybridized carbons (Fsp3) is 0.300. The molecule has 1 amide bonds. The van der Waals surface area contributed by atoms with E-state index in [-0.39, 0.29) is 29.9 Å². The SMILES string of the molecule is CNCCOc1c(C=O)cc(Cc2ccc(C(=O)NC)c(F)c2)c(C)c1F. The summed E-state index contributed by atoms with van der Waals surface area (Å²) in [6.07, 6.45) is 0.751. The third-order valence-electron chi connectivity index (χ3n) is 4.23. The summed E-state index contributed by atoms with van der Waals surface area (Å²) >= 11 is 0. The molecule has 0 fully saturated rings. The molecule has 144 valence electrons. The van der Waals surface area contributed by atoms with Crippen molar-refractivity contribution in [1.82, 2.24) is 10.6 Å². The summed E-state index contributed by atoms with van der Waals surface area (Å²) in [7, 11) is 3.16. The topological polar surface area (TPSA) is 67.4 Å². The number of rotatable bonds is 8. The van der Waals surface area contributed by atoms with Crippen molar-refractivity contribution in [3.63, 3.8) is 0 Å². The van der Waals surface area contributed by atoms with Gasteiger partial charge in [-0.1, -0.05) is 6.07 Å². The molecule has 0 aliphatic carbocycles. The van der Waals surface area contributed by atoms with Gasteiger partial charge in [-0.2, -0.15) is 0 Å². The van der Waals surface area contributed by atoms with E-state index in [0.717, 1.165) is 0 Å². The van der Waals surface area contributed by atoms with Crippen LogP contribution in [0, 0.1) is 18.6 Å². The molecule has 0 atom stereocenters. The number of carbonyl (C=O) groups excluding carboxylic acids is 2. The lowest BCUT2D eigenvalue weighted by Crippen LogP contribution is -2.19. The van der Waals surface area contributed by atoms with Crippen molar-refractivity contribution in [2.45, 2.75) is 13.3 Å². The fourth-order valence-corrected chi connectivity index (χ4v) is 2.68. The van der Waals surface area contributed by atoms with Crippen molar-refractivity contribution in [3.05, 3.63) is 63.7 Å². The number of hydrogen-bond donors (Lipinski definition) is 2. The van der Waals surface area contributed by atoms with Crippen LogP contribution in [0.25, 0.3) is 0 Å². The highest BCUT2D eigenvalue weighted by molar-refractivity contribution is 5.94. The second kappa shape index (κ2) is 9.23. The number of aldehydes is 1. The van der Waals surface area contributed by atoms with Gasteiger partial charge in [-0.3, -0.25) is 9.59 Å². The molecule has 0 saturated heterocycles. The lowest BCUT2D eigenvalue weighted by atomic mass is 9.96. The molecule has 0 aromatic heterocycles. The Hall–Kier alpha value is -2.80. The first kappa shape index (κ1) is 20.5. The van der Waals surface area contributed by atoms with Crippen LogP contribution >= 0.6 is 0 Å².